The minimum Gasteiger partial charge on any atom is -0.480 e. The van der Waals surface area contributed by atoms with Gasteiger partial charge in [0.1, 0.15) is 128 Å². The summed E-state index contributed by atoms with van der Waals surface area (Å²) < 4.78 is 54.2. The van der Waals surface area contributed by atoms with Gasteiger partial charge >= 0.3 is 23.9 Å². The Morgan fingerprint density at radius 1 is 0.453 bits per heavy atom. The van der Waals surface area contributed by atoms with Gasteiger partial charge in [-0.15, -0.1) is 0 Å². The first-order valence-corrected chi connectivity index (χ1v) is 30.0. The van der Waals surface area contributed by atoms with Crippen molar-refractivity contribution in [1.82, 2.24) is 37.2 Å². The average molecular weight is 1380 g/mol. The maximum absolute atomic E-state index is 14.1. The second-order valence-electron chi connectivity index (χ2n) is 23.0. The molecule has 23 N–H and O–H groups in total. The third-order valence-corrected chi connectivity index (χ3v) is 15.6. The van der Waals surface area contributed by atoms with Crippen LogP contribution in [-0.2, 0) is 95.4 Å². The molecule has 41 nitrogen and oxygen atoms in total. The lowest BCUT2D eigenvalue weighted by Crippen LogP contribution is -2.72. The van der Waals surface area contributed by atoms with E-state index < -0.39 is 269 Å². The van der Waals surface area contributed by atoms with E-state index in [1.54, 1.807) is 0 Å². The molecule has 4 fully saturated rings. The first kappa shape index (κ1) is 80.8. The van der Waals surface area contributed by atoms with Gasteiger partial charge in [0, 0.05) is 27.2 Å². The number of aliphatic hydroxyl groups is 8. The molecule has 542 valence electrons. The Morgan fingerprint density at radius 3 is 1.45 bits per heavy atom. The lowest BCUT2D eigenvalue weighted by molar-refractivity contribution is -0.365. The highest BCUT2D eigenvalue weighted by atomic mass is 16.8. The monoisotopic (exact) mass is 1380 g/mol. The quantitative estimate of drug-likeness (QED) is 0.0280. The van der Waals surface area contributed by atoms with Gasteiger partial charge in [-0.3, -0.25) is 43.2 Å². The summed E-state index contributed by atoms with van der Waals surface area (Å²) >= 11 is 0. The van der Waals surface area contributed by atoms with Crippen molar-refractivity contribution in [3.8, 4) is 0 Å². The molecule has 0 radical (unpaired) electrons. The van der Waals surface area contributed by atoms with Gasteiger partial charge in [-0.1, -0.05) is 0 Å². The molecule has 95 heavy (non-hydrogen) atoms. The second-order valence-corrected chi connectivity index (χ2v) is 23.0. The molecule has 0 aromatic carbocycles. The summed E-state index contributed by atoms with van der Waals surface area (Å²) in [6.07, 6.45) is -34.9. The van der Waals surface area contributed by atoms with E-state index in [9.17, 15) is 109 Å². The Labute approximate surface area is 541 Å². The molecule has 0 aromatic heterocycles. The van der Waals surface area contributed by atoms with Crippen LogP contribution in [0.1, 0.15) is 80.6 Å². The number of hydrogen-bond donors (Lipinski definition) is 21. The van der Waals surface area contributed by atoms with Crippen LogP contribution in [0, 0.1) is 0 Å². The van der Waals surface area contributed by atoms with Crippen molar-refractivity contribution in [1.29, 1.82) is 0 Å². The molecule has 4 aliphatic heterocycles. The predicted molar refractivity (Wildman–Crippen MR) is 308 cm³/mol. The second kappa shape index (κ2) is 37.2. The molecule has 0 aromatic rings. The number of carbonyl (C=O) groups excluding carboxylic acids is 7. The zero-order chi connectivity index (χ0) is 71.6. The highest BCUT2D eigenvalue weighted by molar-refractivity contribution is 5.92. The highest BCUT2D eigenvalue weighted by Crippen LogP contribution is 2.36. The van der Waals surface area contributed by atoms with Crippen LogP contribution in [0.25, 0.3) is 0 Å². The van der Waals surface area contributed by atoms with Crippen molar-refractivity contribution in [3.05, 3.63) is 0 Å². The fourth-order valence-corrected chi connectivity index (χ4v) is 10.5. The number of carboxylic acid groups (broad SMARTS) is 4. The van der Waals surface area contributed by atoms with Crippen molar-refractivity contribution < 1.29 is 157 Å². The minimum absolute atomic E-state index is 0.0443. The SMILES string of the molecule is CC(=O)NC1C(OC2C(CO)OC(O)C(NC(C)=O)C2OC(C)C(=O)O)OC(CO)C(OC2OC(CO)C(OC3OC(CO)C(O)C(O)C3N)C(OC(C)C(=O)NC(C)C(=O)NC(CCC(=O)NC(CCCC(N)C(=O)O)C(=O)NC(C)C(=O)O)C(=O)O)C2NC(C)=O)C1O. The van der Waals surface area contributed by atoms with Gasteiger partial charge in [-0.05, 0) is 53.4 Å². The van der Waals surface area contributed by atoms with Crippen LogP contribution in [0.2, 0.25) is 0 Å². The van der Waals surface area contributed by atoms with Crippen molar-refractivity contribution >= 4 is 65.2 Å². The minimum atomic E-state index is -2.13. The number of aliphatic carboxylic acids is 4. The fraction of sp³-hybridized carbons (Fsp3) is 0.796. The summed E-state index contributed by atoms with van der Waals surface area (Å²) in [4.78, 5) is 139. The Kier molecular flexibility index (Phi) is 31.7. The Balaban J connectivity index is 1.67. The maximum Gasteiger partial charge on any atom is 0.332 e. The van der Waals surface area contributed by atoms with Gasteiger partial charge in [0.25, 0.3) is 0 Å². The van der Waals surface area contributed by atoms with Gasteiger partial charge in [-0.2, -0.15) is 0 Å². The largest absolute Gasteiger partial charge is 0.480 e. The summed E-state index contributed by atoms with van der Waals surface area (Å²) in [7, 11) is 0. The Bertz CT molecular complexity index is 2630. The Morgan fingerprint density at radius 2 is 0.926 bits per heavy atom. The molecule has 4 saturated heterocycles. The summed E-state index contributed by atoms with van der Waals surface area (Å²) in [5.41, 5.74) is 11.8. The normalized spacial score (nSPS) is 33.0. The standard InChI is InChI=1S/C54H89N9O32/c1-17(44(75)63-26(50(84)85)11-12-31(71)62-25(10-8-9-24(55)49(82)83)46(77)58-18(2)47(78)79)57-45(76)19(3)87-43-35(61-23(7)70)54(92-30(16-67)41(43)94-52-32(56)37(73)36(72)27(13-64)90-52)93-39-28(14-65)91-53(33(38(39)74)59-21(5)68)95-40-29(15-66)89-51(86)34(60-22(6)69)42(40)88-20(4)48(80)81/h17-20,24-30,32-43,51-54,64-67,72-74,86H,8-16,55-56H2,1-7H3,(H,57,76)(H,58,77)(H,59,68)(H,60,69)(H,61,70)(H,62,71)(H,63,75)(H,78,79)(H,80,81)(H,82,83)(H,84,85). The zero-order valence-corrected chi connectivity index (χ0v) is 52.6. The van der Waals surface area contributed by atoms with Crippen LogP contribution >= 0.6 is 0 Å². The molecule has 4 rings (SSSR count). The molecule has 4 aliphatic rings. The number of carboxylic acids is 4. The van der Waals surface area contributed by atoms with E-state index in [4.69, 9.17) is 59.2 Å². The molecule has 0 aliphatic carbocycles. The van der Waals surface area contributed by atoms with E-state index in [1.807, 2.05) is 0 Å². The molecule has 27 unspecified atom stereocenters. The third kappa shape index (κ3) is 22.5. The van der Waals surface area contributed by atoms with Crippen LogP contribution in [0.3, 0.4) is 0 Å². The van der Waals surface area contributed by atoms with Crippen LogP contribution in [0.4, 0.5) is 0 Å². The number of ether oxygens (including phenoxy) is 9. The first-order chi connectivity index (χ1) is 44.5. The molecule has 41 heteroatoms. The van der Waals surface area contributed by atoms with Crippen molar-refractivity contribution in [2.24, 2.45) is 11.5 Å². The van der Waals surface area contributed by atoms with Gasteiger partial charge in [-0.25, -0.2) is 9.59 Å². The number of amides is 7. The fourth-order valence-electron chi connectivity index (χ4n) is 10.5. The summed E-state index contributed by atoms with van der Waals surface area (Å²) in [6.45, 7) is 3.31. The molecule has 7 amide bonds. The van der Waals surface area contributed by atoms with Gasteiger partial charge in [0.05, 0.1) is 32.5 Å². The predicted octanol–water partition coefficient (Wildman–Crippen LogP) is -10.9. The average Bonchev–Trinajstić information content (AvgIpc) is 0.769. The molecular formula is C54H89N9O32. The molecule has 0 bridgehead atoms. The zero-order valence-electron chi connectivity index (χ0n) is 52.6. The molecule has 0 saturated carbocycles. The van der Waals surface area contributed by atoms with Crippen molar-refractivity contribution in [2.45, 2.75) is 246 Å². The topological polar surface area (TPSA) is 650 Å². The Hall–Kier alpha value is -6.59. The number of aliphatic hydroxyl groups excluding tert-OH is 8. The van der Waals surface area contributed by atoms with E-state index >= 15 is 0 Å². The lowest BCUT2D eigenvalue weighted by atomic mass is 9.93. The van der Waals surface area contributed by atoms with Crippen LogP contribution in [0.15, 0.2) is 0 Å². The smallest absolute Gasteiger partial charge is 0.332 e. The van der Waals surface area contributed by atoms with E-state index in [0.717, 1.165) is 48.5 Å². The molecule has 0 spiro atoms. The van der Waals surface area contributed by atoms with Crippen LogP contribution in [-0.4, -0.2) is 318 Å². The van der Waals surface area contributed by atoms with Crippen LogP contribution in [0.5, 0.6) is 0 Å². The molecular weight excluding hydrogens is 1290 g/mol. The van der Waals surface area contributed by atoms with Gasteiger partial charge in [0.2, 0.25) is 41.4 Å². The summed E-state index contributed by atoms with van der Waals surface area (Å²) in [5.74, 6) is -12.8. The van der Waals surface area contributed by atoms with Crippen molar-refractivity contribution in [3.63, 3.8) is 0 Å². The third-order valence-electron chi connectivity index (χ3n) is 15.6. The number of rotatable bonds is 35. The lowest BCUT2D eigenvalue weighted by Gasteiger charge is -2.51. The van der Waals surface area contributed by atoms with Crippen LogP contribution < -0.4 is 48.7 Å². The van der Waals surface area contributed by atoms with E-state index in [0.29, 0.717) is 0 Å². The number of nitrogens with two attached hydrogens (primary N) is 2. The molecule has 4 heterocycles. The van der Waals surface area contributed by atoms with E-state index in [-0.39, 0.29) is 19.3 Å². The van der Waals surface area contributed by atoms with Gasteiger partial charge < -0.3 is 153 Å². The van der Waals surface area contributed by atoms with E-state index in [1.165, 1.54) is 0 Å². The highest BCUT2D eigenvalue weighted by Gasteiger charge is 2.57. The maximum atomic E-state index is 14.1. The van der Waals surface area contributed by atoms with E-state index in [2.05, 4.69) is 37.2 Å². The van der Waals surface area contributed by atoms with Crippen molar-refractivity contribution in [2.75, 3.05) is 26.4 Å². The summed E-state index contributed by atoms with van der Waals surface area (Å²) in [5, 5.41) is 142. The van der Waals surface area contributed by atoms with Gasteiger partial charge in [0.15, 0.2) is 31.3 Å². The molecule has 27 atom stereocenters. The number of carbonyl (C=O) groups is 11. The summed E-state index contributed by atoms with van der Waals surface area (Å²) in [6, 6.07) is -14.7. The first-order valence-electron chi connectivity index (χ1n) is 30.0. The number of hydrogen-bond acceptors (Lipinski definition) is 30. The number of nitrogens with one attached hydrogen (secondary N) is 7.